The number of aryl methyl sites for hydroxylation is 1. The van der Waals surface area contributed by atoms with Crippen LogP contribution in [0.4, 0.5) is 5.69 Å². The Hall–Kier alpha value is -4.87. The maximum absolute atomic E-state index is 13.2. The SMILES string of the molecule is Cc1ccc(S(=O)(=O)NC(N)=NCCC[C@H](NC(=O)Cn2cccc(NS(=O)(=O)Cc3ccccc3)c2=O)C(=O)c2nccs2)cc1. The summed E-state index contributed by atoms with van der Waals surface area (Å²) in [7, 11) is -7.87. The number of nitrogens with zero attached hydrogens (tertiary/aromatic N) is 3. The molecule has 0 spiro atoms. The molecule has 0 aliphatic rings. The van der Waals surface area contributed by atoms with Crippen LogP contribution in [-0.4, -0.2) is 56.6 Å². The number of thiazole rings is 1. The van der Waals surface area contributed by atoms with Crippen LogP contribution in [-0.2, 0) is 37.1 Å². The lowest BCUT2D eigenvalue weighted by atomic mass is 10.1. The number of aromatic nitrogens is 2. The summed E-state index contributed by atoms with van der Waals surface area (Å²) in [6, 6.07) is 16.3. The molecule has 17 heteroatoms. The van der Waals surface area contributed by atoms with Gasteiger partial charge in [0.1, 0.15) is 12.2 Å². The van der Waals surface area contributed by atoms with Crippen molar-refractivity contribution in [2.45, 2.75) is 43.0 Å². The molecule has 4 aromatic rings. The minimum atomic E-state index is -3.94. The molecule has 0 saturated carbocycles. The van der Waals surface area contributed by atoms with E-state index in [4.69, 9.17) is 5.73 Å². The van der Waals surface area contributed by atoms with Gasteiger partial charge in [-0.05, 0) is 49.6 Å². The highest BCUT2D eigenvalue weighted by Gasteiger charge is 2.24. The number of nitrogens with two attached hydrogens (primary N) is 1. The van der Waals surface area contributed by atoms with E-state index in [2.05, 4.69) is 24.7 Å². The maximum Gasteiger partial charge on any atom is 0.275 e. The molecule has 47 heavy (non-hydrogen) atoms. The molecule has 0 aliphatic carbocycles. The zero-order chi connectivity index (χ0) is 34.0. The Morgan fingerprint density at radius 3 is 2.43 bits per heavy atom. The molecule has 1 atom stereocenters. The van der Waals surface area contributed by atoms with Crippen LogP contribution in [0.25, 0.3) is 0 Å². The lowest BCUT2D eigenvalue weighted by molar-refractivity contribution is -0.122. The molecule has 0 fully saturated rings. The predicted molar refractivity (Wildman–Crippen MR) is 179 cm³/mol. The molecule has 0 aliphatic heterocycles. The summed E-state index contributed by atoms with van der Waals surface area (Å²) in [5, 5.41) is 4.40. The van der Waals surface area contributed by atoms with Gasteiger partial charge in [0.25, 0.3) is 15.6 Å². The van der Waals surface area contributed by atoms with Gasteiger partial charge >= 0.3 is 0 Å². The number of nitrogens with one attached hydrogen (secondary N) is 3. The van der Waals surface area contributed by atoms with Crippen molar-refractivity contribution in [1.29, 1.82) is 0 Å². The van der Waals surface area contributed by atoms with Gasteiger partial charge in [0.05, 0.1) is 16.7 Å². The first-order valence-corrected chi connectivity index (χ1v) is 18.2. The molecule has 248 valence electrons. The van der Waals surface area contributed by atoms with Gasteiger partial charge in [0.15, 0.2) is 5.01 Å². The molecule has 14 nitrogen and oxygen atoms in total. The van der Waals surface area contributed by atoms with E-state index >= 15 is 0 Å². The normalized spacial score (nSPS) is 12.7. The predicted octanol–water partition coefficient (Wildman–Crippen LogP) is 2.00. The van der Waals surface area contributed by atoms with Crippen LogP contribution < -0.4 is 26.1 Å². The molecule has 1 amide bonds. The van der Waals surface area contributed by atoms with Gasteiger partial charge in [-0.1, -0.05) is 48.0 Å². The Bertz CT molecular complexity index is 2000. The number of benzene rings is 2. The fourth-order valence-corrected chi connectivity index (χ4v) is 7.11. The van der Waals surface area contributed by atoms with Crippen molar-refractivity contribution in [3.05, 3.63) is 111 Å². The average Bonchev–Trinajstić information content (AvgIpc) is 3.56. The molecule has 4 rings (SSSR count). The first-order valence-electron chi connectivity index (χ1n) is 14.2. The quantitative estimate of drug-likeness (QED) is 0.0618. The number of hydrogen-bond donors (Lipinski definition) is 4. The van der Waals surface area contributed by atoms with Crippen LogP contribution in [0.1, 0.15) is 33.8 Å². The lowest BCUT2D eigenvalue weighted by Crippen LogP contribution is -2.43. The number of carbonyl (C=O) groups is 2. The second-order valence-electron chi connectivity index (χ2n) is 10.4. The second kappa shape index (κ2) is 15.6. The first-order chi connectivity index (χ1) is 22.3. The van der Waals surface area contributed by atoms with Crippen molar-refractivity contribution in [2.75, 3.05) is 11.3 Å². The second-order valence-corrected chi connectivity index (χ2v) is 14.7. The number of rotatable bonds is 15. The molecular formula is C30H33N7O7S3. The van der Waals surface area contributed by atoms with E-state index < -0.39 is 49.9 Å². The smallest absolute Gasteiger partial charge is 0.275 e. The summed E-state index contributed by atoms with van der Waals surface area (Å²) in [6.07, 6.45) is 3.10. The van der Waals surface area contributed by atoms with Gasteiger partial charge < -0.3 is 15.6 Å². The molecule has 2 aromatic heterocycles. The maximum atomic E-state index is 13.2. The average molecular weight is 700 g/mol. The van der Waals surface area contributed by atoms with Gasteiger partial charge in [0.2, 0.25) is 27.7 Å². The molecule has 0 bridgehead atoms. The van der Waals surface area contributed by atoms with Gasteiger partial charge in [-0.25, -0.2) is 26.5 Å². The minimum Gasteiger partial charge on any atom is -0.369 e. The highest BCUT2D eigenvalue weighted by molar-refractivity contribution is 7.92. The highest BCUT2D eigenvalue weighted by Crippen LogP contribution is 2.13. The number of pyridine rings is 1. The highest BCUT2D eigenvalue weighted by atomic mass is 32.2. The van der Waals surface area contributed by atoms with Gasteiger partial charge in [-0.2, -0.15) is 0 Å². The summed E-state index contributed by atoms with van der Waals surface area (Å²) in [6.45, 7) is 1.36. The Morgan fingerprint density at radius 2 is 1.74 bits per heavy atom. The number of carbonyl (C=O) groups excluding carboxylic acids is 2. The fraction of sp³-hybridized carbons (Fsp3) is 0.233. The summed E-state index contributed by atoms with van der Waals surface area (Å²) >= 11 is 1.09. The van der Waals surface area contributed by atoms with Gasteiger partial charge in [-0.3, -0.25) is 24.1 Å². The number of guanidine groups is 1. The Morgan fingerprint density at radius 1 is 1.02 bits per heavy atom. The van der Waals surface area contributed by atoms with Crippen LogP contribution in [0, 0.1) is 6.92 Å². The Labute approximate surface area is 275 Å². The third-order valence-corrected chi connectivity index (χ3v) is 10.00. The number of hydrogen-bond acceptors (Lipinski definition) is 10. The van der Waals surface area contributed by atoms with Crippen LogP contribution >= 0.6 is 11.3 Å². The van der Waals surface area contributed by atoms with Gasteiger partial charge in [-0.15, -0.1) is 11.3 Å². The van der Waals surface area contributed by atoms with E-state index in [1.54, 1.807) is 47.8 Å². The van der Waals surface area contributed by atoms with E-state index in [0.717, 1.165) is 21.5 Å². The number of anilines is 1. The number of sulfonamides is 2. The molecule has 5 N–H and O–H groups in total. The third-order valence-electron chi connectivity index (χ3n) is 6.60. The van der Waals surface area contributed by atoms with Crippen molar-refractivity contribution in [2.24, 2.45) is 10.7 Å². The monoisotopic (exact) mass is 699 g/mol. The van der Waals surface area contributed by atoms with Crippen LogP contribution in [0.5, 0.6) is 0 Å². The van der Waals surface area contributed by atoms with E-state index in [0.29, 0.717) is 5.56 Å². The zero-order valence-corrected chi connectivity index (χ0v) is 27.6. The van der Waals surface area contributed by atoms with Crippen molar-refractivity contribution >= 4 is 54.7 Å². The van der Waals surface area contributed by atoms with Crippen LogP contribution in [0.15, 0.2) is 99.2 Å². The Kier molecular flexibility index (Phi) is 11.6. The largest absolute Gasteiger partial charge is 0.369 e. The van der Waals surface area contributed by atoms with Crippen LogP contribution in [0.3, 0.4) is 0 Å². The Balaban J connectivity index is 1.39. The molecular weight excluding hydrogens is 667 g/mol. The molecule has 0 saturated heterocycles. The first kappa shape index (κ1) is 35.0. The van der Waals surface area contributed by atoms with E-state index in [9.17, 15) is 31.2 Å². The van der Waals surface area contributed by atoms with Crippen LogP contribution in [0.2, 0.25) is 0 Å². The van der Waals surface area contributed by atoms with Crippen molar-refractivity contribution in [3.63, 3.8) is 0 Å². The number of ketones is 1. The van der Waals surface area contributed by atoms with E-state index in [-0.39, 0.29) is 46.7 Å². The van der Waals surface area contributed by atoms with Crippen molar-refractivity contribution < 1.29 is 26.4 Å². The lowest BCUT2D eigenvalue weighted by Gasteiger charge is -2.17. The zero-order valence-electron chi connectivity index (χ0n) is 25.2. The summed E-state index contributed by atoms with van der Waals surface area (Å²) in [5.74, 6) is -1.83. The number of amides is 1. The molecule has 0 radical (unpaired) electrons. The molecule has 2 heterocycles. The topological polar surface area (TPSA) is 212 Å². The standard InChI is InChI=1S/C30H33N7O7S3/c1-21-11-13-23(14-12-21)47(43,44)36-30(31)33-15-5-9-24(27(39)28-32-16-18-45-28)34-26(38)19-37-17-6-10-25(29(37)40)35-46(41,42)20-22-7-3-2-4-8-22/h2-4,6-8,10-14,16-18,24,35H,5,9,15,19-20H2,1H3,(H,34,38)(H3,31,33,36)/t24-/m0/s1. The molecule has 0 unspecified atom stereocenters. The summed E-state index contributed by atoms with van der Waals surface area (Å²) in [5.41, 5.74) is 6.23. The van der Waals surface area contributed by atoms with Crippen molar-refractivity contribution in [1.82, 2.24) is 19.6 Å². The number of Topliss-reactive ketones (excluding diaryl/α,β-unsaturated/α-hetero) is 1. The van der Waals surface area contributed by atoms with E-state index in [1.807, 2.05) is 6.92 Å². The number of aliphatic imine (C=N–C) groups is 1. The molecule has 2 aromatic carbocycles. The van der Waals surface area contributed by atoms with Gasteiger partial charge in [0, 0.05) is 24.3 Å². The third kappa shape index (κ3) is 10.3. The summed E-state index contributed by atoms with van der Waals surface area (Å²) in [4.78, 5) is 47.3. The van der Waals surface area contributed by atoms with E-state index in [1.165, 1.54) is 36.7 Å². The fourth-order valence-electron chi connectivity index (χ4n) is 4.34. The van der Waals surface area contributed by atoms with Crippen molar-refractivity contribution in [3.8, 4) is 0 Å². The summed E-state index contributed by atoms with van der Waals surface area (Å²) < 4.78 is 55.9. The minimum absolute atomic E-state index is 0.0207.